The molecule has 0 bridgehead atoms. The van der Waals surface area contributed by atoms with Gasteiger partial charge in [0, 0.05) is 36.6 Å². The molecule has 0 fully saturated rings. The molecule has 0 saturated heterocycles. The Labute approximate surface area is 118 Å². The van der Waals surface area contributed by atoms with Crippen LogP contribution in [-0.2, 0) is 6.54 Å². The van der Waals surface area contributed by atoms with E-state index in [4.69, 9.17) is 19.9 Å². The number of methoxy groups -OCH3 is 3. The summed E-state index contributed by atoms with van der Waals surface area (Å²) in [5, 5.41) is 0. The molecular formula is C15H18N2O3. The molecule has 2 N–H and O–H groups in total. The van der Waals surface area contributed by atoms with Crippen molar-refractivity contribution < 1.29 is 14.2 Å². The maximum atomic E-state index is 5.66. The minimum Gasteiger partial charge on any atom is -0.496 e. The van der Waals surface area contributed by atoms with Crippen molar-refractivity contribution >= 4 is 0 Å². The lowest BCUT2D eigenvalue weighted by Gasteiger charge is -2.15. The zero-order valence-electron chi connectivity index (χ0n) is 11.8. The highest BCUT2D eigenvalue weighted by atomic mass is 16.5. The van der Waals surface area contributed by atoms with E-state index in [-0.39, 0.29) is 0 Å². The molecule has 5 nitrogen and oxygen atoms in total. The summed E-state index contributed by atoms with van der Waals surface area (Å²) in [5.41, 5.74) is 8.33. The number of hydrogen-bond acceptors (Lipinski definition) is 5. The van der Waals surface area contributed by atoms with Gasteiger partial charge >= 0.3 is 0 Å². The first-order valence-corrected chi connectivity index (χ1v) is 6.17. The van der Waals surface area contributed by atoms with Gasteiger partial charge in [0.1, 0.15) is 17.2 Å². The molecule has 0 unspecified atom stereocenters. The average molecular weight is 274 g/mol. The number of nitrogens with zero attached hydrogens (tertiary/aromatic N) is 1. The molecule has 0 aliphatic carbocycles. The molecule has 20 heavy (non-hydrogen) atoms. The maximum absolute atomic E-state index is 5.66. The van der Waals surface area contributed by atoms with E-state index in [1.54, 1.807) is 33.7 Å². The highest BCUT2D eigenvalue weighted by Crippen LogP contribution is 2.41. The summed E-state index contributed by atoms with van der Waals surface area (Å²) < 4.78 is 16.1. The van der Waals surface area contributed by atoms with Gasteiger partial charge in [-0.05, 0) is 11.6 Å². The summed E-state index contributed by atoms with van der Waals surface area (Å²) in [6, 6.07) is 5.60. The number of rotatable bonds is 5. The molecule has 1 aromatic heterocycles. The van der Waals surface area contributed by atoms with Crippen LogP contribution >= 0.6 is 0 Å². The second kappa shape index (κ2) is 6.25. The van der Waals surface area contributed by atoms with Crippen LogP contribution in [0.1, 0.15) is 5.56 Å². The number of aromatic nitrogens is 1. The fourth-order valence-corrected chi connectivity index (χ4v) is 2.03. The summed E-state index contributed by atoms with van der Waals surface area (Å²) in [7, 11) is 4.82. The van der Waals surface area contributed by atoms with Gasteiger partial charge in [0.25, 0.3) is 0 Å². The van der Waals surface area contributed by atoms with Gasteiger partial charge in [0.2, 0.25) is 0 Å². The predicted octanol–water partition coefficient (Wildman–Crippen LogP) is 2.23. The van der Waals surface area contributed by atoms with Crippen LogP contribution in [0.4, 0.5) is 0 Å². The molecule has 5 heteroatoms. The van der Waals surface area contributed by atoms with Crippen LogP contribution in [0.15, 0.2) is 30.6 Å². The molecule has 2 rings (SSSR count). The number of ether oxygens (including phenoxy) is 3. The van der Waals surface area contributed by atoms with E-state index in [0.717, 1.165) is 16.7 Å². The van der Waals surface area contributed by atoms with E-state index in [2.05, 4.69) is 4.98 Å². The van der Waals surface area contributed by atoms with Crippen LogP contribution in [0.3, 0.4) is 0 Å². The smallest absolute Gasteiger partial charge is 0.134 e. The molecule has 0 aliphatic rings. The first-order valence-electron chi connectivity index (χ1n) is 6.17. The van der Waals surface area contributed by atoms with Gasteiger partial charge in [0.05, 0.1) is 26.9 Å². The topological polar surface area (TPSA) is 66.6 Å². The standard InChI is InChI=1S/C15H18N2O3/c1-18-12-5-13(19-2)15(14(6-12)20-3)11-4-10(7-16)8-17-9-11/h4-6,8-9H,7,16H2,1-3H3. The Kier molecular flexibility index (Phi) is 4.42. The number of nitrogens with two attached hydrogens (primary N) is 1. The molecule has 0 spiro atoms. The Balaban J connectivity index is 2.64. The first kappa shape index (κ1) is 14.1. The quantitative estimate of drug-likeness (QED) is 0.905. The van der Waals surface area contributed by atoms with E-state index in [0.29, 0.717) is 23.8 Å². The second-order valence-electron chi connectivity index (χ2n) is 4.19. The maximum Gasteiger partial charge on any atom is 0.134 e. The fourth-order valence-electron chi connectivity index (χ4n) is 2.03. The van der Waals surface area contributed by atoms with Crippen molar-refractivity contribution in [1.29, 1.82) is 0 Å². The Bertz CT molecular complexity index is 574. The third kappa shape index (κ3) is 2.67. The molecule has 1 heterocycles. The van der Waals surface area contributed by atoms with Crippen molar-refractivity contribution in [2.45, 2.75) is 6.54 Å². The molecule has 106 valence electrons. The summed E-state index contributed by atoms with van der Waals surface area (Å²) in [5.74, 6) is 2.00. The van der Waals surface area contributed by atoms with E-state index < -0.39 is 0 Å². The zero-order valence-corrected chi connectivity index (χ0v) is 11.8. The van der Waals surface area contributed by atoms with Gasteiger partial charge < -0.3 is 19.9 Å². The lowest BCUT2D eigenvalue weighted by Crippen LogP contribution is -1.99. The fraction of sp³-hybridized carbons (Fsp3) is 0.267. The Hall–Kier alpha value is -2.27. The number of benzene rings is 1. The lowest BCUT2D eigenvalue weighted by atomic mass is 10.0. The van der Waals surface area contributed by atoms with Crippen molar-refractivity contribution in [3.8, 4) is 28.4 Å². The van der Waals surface area contributed by atoms with Gasteiger partial charge in [-0.1, -0.05) is 0 Å². The molecule has 0 aliphatic heterocycles. The van der Waals surface area contributed by atoms with Crippen molar-refractivity contribution in [3.05, 3.63) is 36.2 Å². The zero-order chi connectivity index (χ0) is 14.5. The van der Waals surface area contributed by atoms with E-state index in [9.17, 15) is 0 Å². The first-order chi connectivity index (χ1) is 9.73. The Morgan fingerprint density at radius 3 is 2.10 bits per heavy atom. The van der Waals surface area contributed by atoms with Gasteiger partial charge in [-0.3, -0.25) is 4.98 Å². The molecule has 2 aromatic rings. The van der Waals surface area contributed by atoms with Crippen LogP contribution in [0, 0.1) is 0 Å². The van der Waals surface area contributed by atoms with Crippen molar-refractivity contribution in [2.24, 2.45) is 5.73 Å². The summed E-state index contributed by atoms with van der Waals surface area (Å²) in [4.78, 5) is 4.20. The van der Waals surface area contributed by atoms with E-state index >= 15 is 0 Å². The van der Waals surface area contributed by atoms with Crippen molar-refractivity contribution in [3.63, 3.8) is 0 Å². The third-order valence-corrected chi connectivity index (χ3v) is 3.03. The SMILES string of the molecule is COc1cc(OC)c(-c2cncc(CN)c2)c(OC)c1. The molecule has 0 amide bonds. The van der Waals surface area contributed by atoms with E-state index in [1.165, 1.54) is 0 Å². The predicted molar refractivity (Wildman–Crippen MR) is 77.2 cm³/mol. The van der Waals surface area contributed by atoms with Crippen LogP contribution in [0.2, 0.25) is 0 Å². The van der Waals surface area contributed by atoms with Gasteiger partial charge in [-0.15, -0.1) is 0 Å². The third-order valence-electron chi connectivity index (χ3n) is 3.03. The number of hydrogen-bond donors (Lipinski definition) is 1. The Morgan fingerprint density at radius 2 is 1.60 bits per heavy atom. The average Bonchev–Trinajstić information content (AvgIpc) is 2.53. The largest absolute Gasteiger partial charge is 0.496 e. The summed E-state index contributed by atoms with van der Waals surface area (Å²) >= 11 is 0. The van der Waals surface area contributed by atoms with Gasteiger partial charge in [-0.2, -0.15) is 0 Å². The molecule has 0 atom stereocenters. The van der Waals surface area contributed by atoms with Crippen LogP contribution in [0.25, 0.3) is 11.1 Å². The summed E-state index contributed by atoms with van der Waals surface area (Å²) in [6.45, 7) is 0.432. The Morgan fingerprint density at radius 1 is 0.950 bits per heavy atom. The van der Waals surface area contributed by atoms with Crippen molar-refractivity contribution in [2.75, 3.05) is 21.3 Å². The van der Waals surface area contributed by atoms with Gasteiger partial charge in [0.15, 0.2) is 0 Å². The van der Waals surface area contributed by atoms with Gasteiger partial charge in [-0.25, -0.2) is 0 Å². The highest BCUT2D eigenvalue weighted by molar-refractivity contribution is 5.78. The molecule has 1 aromatic carbocycles. The lowest BCUT2D eigenvalue weighted by molar-refractivity contribution is 0.377. The molecular weight excluding hydrogens is 256 g/mol. The van der Waals surface area contributed by atoms with Crippen molar-refractivity contribution in [1.82, 2.24) is 4.98 Å². The van der Waals surface area contributed by atoms with Crippen LogP contribution in [-0.4, -0.2) is 26.3 Å². The monoisotopic (exact) mass is 274 g/mol. The summed E-state index contributed by atoms with van der Waals surface area (Å²) in [6.07, 6.45) is 3.50. The van der Waals surface area contributed by atoms with Crippen LogP contribution in [0.5, 0.6) is 17.2 Å². The van der Waals surface area contributed by atoms with Crippen LogP contribution < -0.4 is 19.9 Å². The number of pyridine rings is 1. The second-order valence-corrected chi connectivity index (χ2v) is 4.19. The molecule has 0 radical (unpaired) electrons. The minimum absolute atomic E-state index is 0.432. The minimum atomic E-state index is 0.432. The normalized spacial score (nSPS) is 10.2. The highest BCUT2D eigenvalue weighted by Gasteiger charge is 2.15. The van der Waals surface area contributed by atoms with E-state index in [1.807, 2.05) is 18.2 Å². The molecule has 0 saturated carbocycles.